The van der Waals surface area contributed by atoms with Crippen LogP contribution in [0.25, 0.3) is 0 Å². The highest BCUT2D eigenvalue weighted by Gasteiger charge is 2.29. The van der Waals surface area contributed by atoms with Crippen molar-refractivity contribution in [3.05, 3.63) is 0 Å². The van der Waals surface area contributed by atoms with Gasteiger partial charge >= 0.3 is 6.03 Å². The van der Waals surface area contributed by atoms with E-state index in [2.05, 4.69) is 5.32 Å². The molecule has 1 saturated carbocycles. The van der Waals surface area contributed by atoms with E-state index in [1.807, 2.05) is 13.8 Å². The van der Waals surface area contributed by atoms with Gasteiger partial charge in [-0.05, 0) is 40.5 Å². The largest absolute Gasteiger partial charge is 0.389 e. The molecule has 0 saturated heterocycles. The summed E-state index contributed by atoms with van der Waals surface area (Å²) in [6.07, 6.45) is 5.52. The van der Waals surface area contributed by atoms with E-state index in [1.165, 1.54) is 6.42 Å². The molecule has 5 nitrogen and oxygen atoms in total. The number of rotatable bonds is 5. The Morgan fingerprint density at radius 3 is 2.48 bits per heavy atom. The third kappa shape index (κ3) is 6.22. The monoisotopic (exact) mass is 300 g/mol. The van der Waals surface area contributed by atoms with Crippen molar-refractivity contribution in [1.29, 1.82) is 0 Å². The van der Waals surface area contributed by atoms with Crippen molar-refractivity contribution < 1.29 is 14.6 Å². The topological polar surface area (TPSA) is 61.8 Å². The normalized spacial score (nSPS) is 23.8. The highest BCUT2D eigenvalue weighted by molar-refractivity contribution is 5.75. The molecule has 0 aromatic carbocycles. The van der Waals surface area contributed by atoms with Gasteiger partial charge in [-0.3, -0.25) is 0 Å². The van der Waals surface area contributed by atoms with Crippen molar-refractivity contribution in [1.82, 2.24) is 10.2 Å². The molecule has 0 radical (unpaired) electrons. The molecule has 0 bridgehead atoms. The molecule has 21 heavy (non-hydrogen) atoms. The summed E-state index contributed by atoms with van der Waals surface area (Å²) in [6.45, 7) is 7.69. The SMILES string of the molecule is CO[C@H]1CCCCC[C@H]1NC(=O)N(CC(C)(C)O)C(C)C. The molecule has 1 aliphatic rings. The lowest BCUT2D eigenvalue weighted by atomic mass is 10.1. The third-order valence-electron chi connectivity index (χ3n) is 4.01. The van der Waals surface area contributed by atoms with Crippen LogP contribution in [0, 0.1) is 0 Å². The van der Waals surface area contributed by atoms with Crippen LogP contribution in [0.1, 0.15) is 59.8 Å². The predicted octanol–water partition coefficient (Wildman–Crippen LogP) is 2.53. The van der Waals surface area contributed by atoms with Gasteiger partial charge in [0.05, 0.1) is 24.3 Å². The van der Waals surface area contributed by atoms with Crippen LogP contribution in [0.3, 0.4) is 0 Å². The molecular formula is C16H32N2O3. The molecule has 0 aliphatic heterocycles. The van der Waals surface area contributed by atoms with Gasteiger partial charge in [0.1, 0.15) is 0 Å². The number of aliphatic hydroxyl groups is 1. The summed E-state index contributed by atoms with van der Waals surface area (Å²) in [5, 5.41) is 13.1. The molecule has 2 amide bonds. The molecule has 0 heterocycles. The quantitative estimate of drug-likeness (QED) is 0.767. The van der Waals surface area contributed by atoms with Crippen molar-refractivity contribution in [2.45, 2.75) is 83.6 Å². The Morgan fingerprint density at radius 2 is 1.95 bits per heavy atom. The third-order valence-corrected chi connectivity index (χ3v) is 4.01. The number of methoxy groups -OCH3 is 1. The van der Waals surface area contributed by atoms with Crippen LogP contribution in [0.15, 0.2) is 0 Å². The van der Waals surface area contributed by atoms with Crippen LogP contribution in [-0.4, -0.2) is 53.5 Å². The smallest absolute Gasteiger partial charge is 0.318 e. The number of nitrogens with one attached hydrogen (secondary N) is 1. The summed E-state index contributed by atoms with van der Waals surface area (Å²) in [5.74, 6) is 0. The Labute approximate surface area is 129 Å². The summed E-state index contributed by atoms with van der Waals surface area (Å²) in [4.78, 5) is 14.2. The minimum absolute atomic E-state index is 0.0446. The van der Waals surface area contributed by atoms with Gasteiger partial charge < -0.3 is 20.1 Å². The first-order valence-corrected chi connectivity index (χ1v) is 8.07. The Bertz CT molecular complexity index is 326. The van der Waals surface area contributed by atoms with Crippen LogP contribution in [0.5, 0.6) is 0 Å². The Hall–Kier alpha value is -0.810. The molecule has 1 aliphatic carbocycles. The number of amides is 2. The van der Waals surface area contributed by atoms with Gasteiger partial charge in [-0.2, -0.15) is 0 Å². The average Bonchev–Trinajstić information content (AvgIpc) is 2.59. The van der Waals surface area contributed by atoms with Crippen LogP contribution < -0.4 is 5.32 Å². The van der Waals surface area contributed by atoms with Gasteiger partial charge in [0.2, 0.25) is 0 Å². The molecule has 124 valence electrons. The van der Waals surface area contributed by atoms with Crippen LogP contribution in [0.2, 0.25) is 0 Å². The number of carbonyl (C=O) groups is 1. The van der Waals surface area contributed by atoms with Gasteiger partial charge in [-0.25, -0.2) is 4.79 Å². The van der Waals surface area contributed by atoms with Crippen molar-refractivity contribution in [2.24, 2.45) is 0 Å². The highest BCUT2D eigenvalue weighted by atomic mass is 16.5. The standard InChI is InChI=1S/C16H32N2O3/c1-12(2)18(11-16(3,4)20)15(19)17-13-9-7-6-8-10-14(13)21-5/h12-14,20H,6-11H2,1-5H3,(H,17,19)/t13-,14+/m1/s1. The van der Waals surface area contributed by atoms with Crippen molar-refractivity contribution in [3.8, 4) is 0 Å². The van der Waals surface area contributed by atoms with E-state index in [1.54, 1.807) is 25.9 Å². The van der Waals surface area contributed by atoms with E-state index in [0.29, 0.717) is 6.54 Å². The minimum Gasteiger partial charge on any atom is -0.389 e. The lowest BCUT2D eigenvalue weighted by molar-refractivity contribution is 0.0332. The minimum atomic E-state index is -0.897. The molecule has 5 heteroatoms. The molecule has 1 fully saturated rings. The molecule has 0 spiro atoms. The van der Waals surface area contributed by atoms with E-state index in [4.69, 9.17) is 4.74 Å². The van der Waals surface area contributed by atoms with Gasteiger partial charge in [0, 0.05) is 13.2 Å². The number of nitrogens with zero attached hydrogens (tertiary/aromatic N) is 1. The summed E-state index contributed by atoms with van der Waals surface area (Å²) >= 11 is 0. The lowest BCUT2D eigenvalue weighted by Gasteiger charge is -2.34. The van der Waals surface area contributed by atoms with Gasteiger partial charge in [-0.15, -0.1) is 0 Å². The Morgan fingerprint density at radius 1 is 1.33 bits per heavy atom. The van der Waals surface area contributed by atoms with Crippen molar-refractivity contribution in [2.75, 3.05) is 13.7 Å². The first-order valence-electron chi connectivity index (χ1n) is 8.07. The van der Waals surface area contributed by atoms with Crippen LogP contribution in [0.4, 0.5) is 4.79 Å². The van der Waals surface area contributed by atoms with E-state index < -0.39 is 5.60 Å². The molecule has 0 unspecified atom stereocenters. The highest BCUT2D eigenvalue weighted by Crippen LogP contribution is 2.21. The summed E-state index contributed by atoms with van der Waals surface area (Å²) in [5.41, 5.74) is -0.897. The summed E-state index contributed by atoms with van der Waals surface area (Å²) < 4.78 is 5.54. The van der Waals surface area contributed by atoms with Gasteiger partial charge in [0.15, 0.2) is 0 Å². The molecule has 2 atom stereocenters. The Balaban J connectivity index is 2.70. The zero-order chi connectivity index (χ0) is 16.0. The van der Waals surface area contributed by atoms with Gasteiger partial charge in [-0.1, -0.05) is 19.3 Å². The maximum absolute atomic E-state index is 12.6. The molecule has 2 N–H and O–H groups in total. The zero-order valence-electron chi connectivity index (χ0n) is 14.2. The fraction of sp³-hybridized carbons (Fsp3) is 0.938. The van der Waals surface area contributed by atoms with E-state index in [-0.39, 0.29) is 24.2 Å². The van der Waals surface area contributed by atoms with Gasteiger partial charge in [0.25, 0.3) is 0 Å². The van der Waals surface area contributed by atoms with Crippen molar-refractivity contribution >= 4 is 6.03 Å². The van der Waals surface area contributed by atoms with E-state index in [9.17, 15) is 9.90 Å². The number of urea groups is 1. The van der Waals surface area contributed by atoms with Crippen LogP contribution >= 0.6 is 0 Å². The second kappa shape index (κ2) is 7.99. The maximum atomic E-state index is 12.6. The number of ether oxygens (including phenoxy) is 1. The van der Waals surface area contributed by atoms with E-state index in [0.717, 1.165) is 25.7 Å². The first-order chi connectivity index (χ1) is 9.74. The molecule has 0 aromatic heterocycles. The second-order valence-electron chi connectivity index (χ2n) is 7.00. The molecule has 0 aromatic rings. The van der Waals surface area contributed by atoms with Crippen LogP contribution in [-0.2, 0) is 4.74 Å². The average molecular weight is 300 g/mol. The fourth-order valence-corrected chi connectivity index (χ4v) is 2.87. The number of hydrogen-bond acceptors (Lipinski definition) is 3. The lowest BCUT2D eigenvalue weighted by Crippen LogP contribution is -2.54. The maximum Gasteiger partial charge on any atom is 0.318 e. The first kappa shape index (κ1) is 18.2. The number of hydrogen-bond donors (Lipinski definition) is 2. The summed E-state index contributed by atoms with van der Waals surface area (Å²) in [7, 11) is 1.71. The van der Waals surface area contributed by atoms with Crippen molar-refractivity contribution in [3.63, 3.8) is 0 Å². The second-order valence-corrected chi connectivity index (χ2v) is 7.00. The predicted molar refractivity (Wildman–Crippen MR) is 84.3 cm³/mol. The summed E-state index contributed by atoms with van der Waals surface area (Å²) in [6, 6.07) is -0.00247. The molecular weight excluding hydrogens is 268 g/mol. The molecule has 1 rings (SSSR count). The fourth-order valence-electron chi connectivity index (χ4n) is 2.87. The zero-order valence-corrected chi connectivity index (χ0v) is 14.2. The van der Waals surface area contributed by atoms with E-state index >= 15 is 0 Å². The number of carbonyl (C=O) groups excluding carboxylic acids is 1. The Kier molecular flexibility index (Phi) is 6.94.